The summed E-state index contributed by atoms with van der Waals surface area (Å²) in [5.41, 5.74) is 0.591. The molecular formula is C14H18N6O. The number of pyridine rings is 1. The molecule has 0 unspecified atom stereocenters. The predicted octanol–water partition coefficient (Wildman–Crippen LogP) is 0.779. The van der Waals surface area contributed by atoms with Gasteiger partial charge in [-0.05, 0) is 12.1 Å². The quantitative estimate of drug-likeness (QED) is 0.764. The van der Waals surface area contributed by atoms with E-state index in [1.165, 1.54) is 0 Å². The summed E-state index contributed by atoms with van der Waals surface area (Å²) in [6, 6.07) is 3.45. The summed E-state index contributed by atoms with van der Waals surface area (Å²) in [5, 5.41) is 5.91. The zero-order chi connectivity index (χ0) is 15.1. The summed E-state index contributed by atoms with van der Waals surface area (Å²) in [4.78, 5) is 26.1. The summed E-state index contributed by atoms with van der Waals surface area (Å²) in [6.45, 7) is 1.07. The second kappa shape index (κ2) is 7.18. The van der Waals surface area contributed by atoms with E-state index >= 15 is 0 Å². The first kappa shape index (κ1) is 14.7. The topological polar surface area (TPSA) is 83.0 Å². The number of hydrogen-bond donors (Lipinski definition) is 2. The average Bonchev–Trinajstić information content (AvgIpc) is 2.52. The maximum Gasteiger partial charge on any atom is 0.251 e. The minimum Gasteiger partial charge on any atom is -0.367 e. The van der Waals surface area contributed by atoms with Crippen molar-refractivity contribution >= 4 is 17.5 Å². The third kappa shape index (κ3) is 4.41. The maximum absolute atomic E-state index is 12.0. The van der Waals surface area contributed by atoms with Crippen molar-refractivity contribution in [2.24, 2.45) is 0 Å². The Morgan fingerprint density at radius 2 is 2.05 bits per heavy atom. The number of amides is 1. The number of nitrogens with one attached hydrogen (secondary N) is 2. The lowest BCUT2D eigenvalue weighted by Crippen LogP contribution is -2.29. The van der Waals surface area contributed by atoms with Gasteiger partial charge in [0.15, 0.2) is 0 Å². The van der Waals surface area contributed by atoms with Crippen LogP contribution in [0.25, 0.3) is 0 Å². The zero-order valence-corrected chi connectivity index (χ0v) is 12.1. The molecule has 0 atom stereocenters. The van der Waals surface area contributed by atoms with E-state index in [4.69, 9.17) is 0 Å². The molecule has 0 bridgehead atoms. The van der Waals surface area contributed by atoms with E-state index in [-0.39, 0.29) is 5.91 Å². The smallest absolute Gasteiger partial charge is 0.251 e. The molecule has 0 spiro atoms. The number of anilines is 2. The van der Waals surface area contributed by atoms with Crippen molar-refractivity contribution in [3.8, 4) is 0 Å². The van der Waals surface area contributed by atoms with Gasteiger partial charge in [0.1, 0.15) is 11.6 Å². The largest absolute Gasteiger partial charge is 0.367 e. The van der Waals surface area contributed by atoms with Gasteiger partial charge in [0.25, 0.3) is 5.91 Å². The molecule has 2 aromatic rings. The first-order chi connectivity index (χ1) is 10.2. The van der Waals surface area contributed by atoms with Crippen LogP contribution in [0.15, 0.2) is 36.9 Å². The molecule has 0 fully saturated rings. The fourth-order valence-electron chi connectivity index (χ4n) is 1.66. The third-order valence-corrected chi connectivity index (χ3v) is 2.75. The van der Waals surface area contributed by atoms with E-state index in [0.717, 1.165) is 5.82 Å². The van der Waals surface area contributed by atoms with E-state index in [2.05, 4.69) is 25.6 Å². The Kier molecular flexibility index (Phi) is 5.03. The highest BCUT2D eigenvalue weighted by Gasteiger charge is 2.07. The minimum absolute atomic E-state index is 0.124. The lowest BCUT2D eigenvalue weighted by Gasteiger charge is -2.12. The summed E-state index contributed by atoms with van der Waals surface area (Å²) in [7, 11) is 3.77. The number of aromatic nitrogens is 3. The van der Waals surface area contributed by atoms with Gasteiger partial charge in [-0.3, -0.25) is 9.78 Å². The molecule has 1 amide bonds. The second-order valence-corrected chi connectivity index (χ2v) is 4.57. The first-order valence-electron chi connectivity index (χ1n) is 6.58. The number of carbonyl (C=O) groups is 1. The molecule has 7 nitrogen and oxygen atoms in total. The standard InChI is InChI=1S/C14H18N6O/c1-20(2)13-9-11(3-4-18-13)14(21)19-8-7-17-12-10-15-5-6-16-12/h3-6,9-10H,7-8H2,1-2H3,(H,16,17)(H,19,21). The van der Waals surface area contributed by atoms with Crippen LogP contribution in [0.5, 0.6) is 0 Å². The van der Waals surface area contributed by atoms with Gasteiger partial charge in [-0.25, -0.2) is 9.97 Å². The van der Waals surface area contributed by atoms with Gasteiger partial charge >= 0.3 is 0 Å². The molecule has 110 valence electrons. The number of rotatable bonds is 6. The van der Waals surface area contributed by atoms with Crippen molar-refractivity contribution in [3.63, 3.8) is 0 Å². The SMILES string of the molecule is CN(C)c1cc(C(=O)NCCNc2cnccn2)ccn1. The summed E-state index contributed by atoms with van der Waals surface area (Å²) < 4.78 is 0. The summed E-state index contributed by atoms with van der Waals surface area (Å²) >= 11 is 0. The van der Waals surface area contributed by atoms with Crippen LogP contribution in [0.2, 0.25) is 0 Å². The zero-order valence-electron chi connectivity index (χ0n) is 12.1. The molecule has 2 heterocycles. The van der Waals surface area contributed by atoms with Gasteiger partial charge in [-0.1, -0.05) is 0 Å². The predicted molar refractivity (Wildman–Crippen MR) is 81.4 cm³/mol. The fraction of sp³-hybridized carbons (Fsp3) is 0.286. The van der Waals surface area contributed by atoms with Gasteiger partial charge in [-0.2, -0.15) is 0 Å². The van der Waals surface area contributed by atoms with E-state index in [0.29, 0.717) is 24.5 Å². The van der Waals surface area contributed by atoms with Crippen LogP contribution in [-0.4, -0.2) is 48.0 Å². The summed E-state index contributed by atoms with van der Waals surface area (Å²) in [6.07, 6.45) is 6.48. The van der Waals surface area contributed by atoms with Gasteiger partial charge in [0.2, 0.25) is 0 Å². The minimum atomic E-state index is -0.124. The second-order valence-electron chi connectivity index (χ2n) is 4.57. The number of hydrogen-bond acceptors (Lipinski definition) is 6. The molecule has 21 heavy (non-hydrogen) atoms. The molecule has 2 aromatic heterocycles. The van der Waals surface area contributed by atoms with Crippen molar-refractivity contribution < 1.29 is 4.79 Å². The molecule has 2 N–H and O–H groups in total. The molecule has 0 saturated carbocycles. The molecule has 0 aromatic carbocycles. The molecule has 0 aliphatic rings. The van der Waals surface area contributed by atoms with Gasteiger partial charge in [0.05, 0.1) is 6.20 Å². The lowest BCUT2D eigenvalue weighted by atomic mass is 10.2. The van der Waals surface area contributed by atoms with Gasteiger partial charge < -0.3 is 15.5 Å². The van der Waals surface area contributed by atoms with Crippen LogP contribution in [0.3, 0.4) is 0 Å². The van der Waals surface area contributed by atoms with Gasteiger partial charge in [-0.15, -0.1) is 0 Å². The van der Waals surface area contributed by atoms with Gasteiger partial charge in [0, 0.05) is 51.3 Å². The molecule has 0 aliphatic carbocycles. The van der Waals surface area contributed by atoms with Crippen LogP contribution in [0.1, 0.15) is 10.4 Å². The van der Waals surface area contributed by atoms with Crippen LogP contribution in [-0.2, 0) is 0 Å². The highest BCUT2D eigenvalue weighted by atomic mass is 16.1. The molecule has 7 heteroatoms. The third-order valence-electron chi connectivity index (χ3n) is 2.75. The van der Waals surface area contributed by atoms with E-state index in [1.54, 1.807) is 36.9 Å². The number of nitrogens with zero attached hydrogens (tertiary/aromatic N) is 4. The molecular weight excluding hydrogens is 268 g/mol. The van der Waals surface area contributed by atoms with E-state index in [9.17, 15) is 4.79 Å². The van der Waals surface area contributed by atoms with Crippen molar-refractivity contribution in [3.05, 3.63) is 42.5 Å². The molecule has 0 saturated heterocycles. The molecule has 0 radical (unpaired) electrons. The summed E-state index contributed by atoms with van der Waals surface area (Å²) in [5.74, 6) is 1.31. The average molecular weight is 286 g/mol. The van der Waals surface area contributed by atoms with Crippen LogP contribution < -0.4 is 15.5 Å². The van der Waals surface area contributed by atoms with Crippen molar-refractivity contribution in [2.45, 2.75) is 0 Å². The Hall–Kier alpha value is -2.70. The fourth-order valence-corrected chi connectivity index (χ4v) is 1.66. The van der Waals surface area contributed by atoms with Crippen LogP contribution in [0, 0.1) is 0 Å². The Bertz CT molecular complexity index is 587. The first-order valence-corrected chi connectivity index (χ1v) is 6.58. The highest BCUT2D eigenvalue weighted by molar-refractivity contribution is 5.94. The Morgan fingerprint density at radius 1 is 1.19 bits per heavy atom. The normalized spacial score (nSPS) is 10.0. The Labute approximate surface area is 123 Å². The van der Waals surface area contributed by atoms with Crippen molar-refractivity contribution in [1.29, 1.82) is 0 Å². The molecule has 0 aliphatic heterocycles. The molecule has 2 rings (SSSR count). The van der Waals surface area contributed by atoms with E-state index in [1.807, 2.05) is 19.0 Å². The Balaban J connectivity index is 1.81. The van der Waals surface area contributed by atoms with Crippen molar-refractivity contribution in [2.75, 3.05) is 37.4 Å². The highest BCUT2D eigenvalue weighted by Crippen LogP contribution is 2.09. The lowest BCUT2D eigenvalue weighted by molar-refractivity contribution is 0.0955. The Morgan fingerprint density at radius 3 is 2.76 bits per heavy atom. The van der Waals surface area contributed by atoms with Crippen LogP contribution >= 0.6 is 0 Å². The van der Waals surface area contributed by atoms with Crippen LogP contribution in [0.4, 0.5) is 11.6 Å². The van der Waals surface area contributed by atoms with Crippen molar-refractivity contribution in [1.82, 2.24) is 20.3 Å². The van der Waals surface area contributed by atoms with E-state index < -0.39 is 0 Å². The monoisotopic (exact) mass is 286 g/mol. The maximum atomic E-state index is 12.0. The number of carbonyl (C=O) groups excluding carboxylic acids is 1.